The van der Waals surface area contributed by atoms with Crippen LogP contribution in [0.3, 0.4) is 0 Å². The van der Waals surface area contributed by atoms with Gasteiger partial charge in [-0.3, -0.25) is 0 Å². The minimum atomic E-state index is 0.796. The third-order valence-electron chi connectivity index (χ3n) is 3.37. The van der Waals surface area contributed by atoms with Gasteiger partial charge in [0.05, 0.1) is 5.69 Å². The molecule has 0 aliphatic heterocycles. The molecule has 106 valence electrons. The zero-order chi connectivity index (χ0) is 15.0. The minimum absolute atomic E-state index is 0.796. The van der Waals surface area contributed by atoms with E-state index in [1.165, 1.54) is 5.56 Å². The Morgan fingerprint density at radius 1 is 0.636 bits per heavy atom. The third kappa shape index (κ3) is 3.77. The Morgan fingerprint density at radius 2 is 1.27 bits per heavy atom. The van der Waals surface area contributed by atoms with Crippen LogP contribution in [0.2, 0.25) is 0 Å². The molecule has 0 spiro atoms. The largest absolute Gasteiger partial charge is 0.380 e. The summed E-state index contributed by atoms with van der Waals surface area (Å²) in [5, 5.41) is 3.46. The molecular weight excluding hydrogens is 266 g/mol. The van der Waals surface area contributed by atoms with E-state index < -0.39 is 0 Å². The molecule has 0 radical (unpaired) electrons. The van der Waals surface area contributed by atoms with Crippen LogP contribution in [0, 0.1) is 11.8 Å². The Bertz CT molecular complexity index is 780. The molecule has 0 aromatic heterocycles. The fourth-order valence-electron chi connectivity index (χ4n) is 2.20. The van der Waals surface area contributed by atoms with E-state index in [9.17, 15) is 0 Å². The van der Waals surface area contributed by atoms with Crippen LogP contribution in [-0.4, -0.2) is 0 Å². The Morgan fingerprint density at radius 3 is 2.05 bits per heavy atom. The highest BCUT2D eigenvalue weighted by Crippen LogP contribution is 2.15. The molecule has 0 aliphatic carbocycles. The topological polar surface area (TPSA) is 12.0 Å². The van der Waals surface area contributed by atoms with Crippen LogP contribution >= 0.6 is 0 Å². The minimum Gasteiger partial charge on any atom is -0.380 e. The maximum Gasteiger partial charge on any atom is 0.0502 e. The number of rotatable bonds is 3. The van der Waals surface area contributed by atoms with Gasteiger partial charge in [0.2, 0.25) is 0 Å². The Labute approximate surface area is 131 Å². The van der Waals surface area contributed by atoms with E-state index >= 15 is 0 Å². The summed E-state index contributed by atoms with van der Waals surface area (Å²) < 4.78 is 0. The van der Waals surface area contributed by atoms with E-state index in [4.69, 9.17) is 0 Å². The molecule has 0 saturated carbocycles. The van der Waals surface area contributed by atoms with E-state index in [0.717, 1.165) is 23.4 Å². The van der Waals surface area contributed by atoms with Gasteiger partial charge >= 0.3 is 0 Å². The van der Waals surface area contributed by atoms with Crippen molar-refractivity contribution in [3.05, 3.63) is 102 Å². The number of hydrogen-bond donors (Lipinski definition) is 1. The van der Waals surface area contributed by atoms with E-state index in [1.54, 1.807) is 0 Å². The molecule has 3 aromatic rings. The molecular formula is C21H17N. The average molecular weight is 283 g/mol. The van der Waals surface area contributed by atoms with Crippen molar-refractivity contribution in [1.82, 2.24) is 0 Å². The standard InChI is InChI=1S/C21H17N/c1-3-9-18(10-4-1)15-16-20-13-7-8-14-21(20)22-17-19-11-5-2-6-12-19/h1-14,22H,17H2. The smallest absolute Gasteiger partial charge is 0.0502 e. The van der Waals surface area contributed by atoms with E-state index in [-0.39, 0.29) is 0 Å². The van der Waals surface area contributed by atoms with Gasteiger partial charge in [-0.1, -0.05) is 72.5 Å². The van der Waals surface area contributed by atoms with Crippen molar-refractivity contribution in [3.63, 3.8) is 0 Å². The van der Waals surface area contributed by atoms with Gasteiger partial charge < -0.3 is 5.32 Å². The molecule has 0 bridgehead atoms. The first-order valence-electron chi connectivity index (χ1n) is 7.36. The third-order valence-corrected chi connectivity index (χ3v) is 3.37. The van der Waals surface area contributed by atoms with Gasteiger partial charge in [0.25, 0.3) is 0 Å². The fourth-order valence-corrected chi connectivity index (χ4v) is 2.20. The second-order valence-electron chi connectivity index (χ2n) is 5.00. The molecule has 3 rings (SSSR count). The van der Waals surface area contributed by atoms with Crippen molar-refractivity contribution in [2.45, 2.75) is 6.54 Å². The maximum absolute atomic E-state index is 3.46. The van der Waals surface area contributed by atoms with Gasteiger partial charge in [0, 0.05) is 17.7 Å². The summed E-state index contributed by atoms with van der Waals surface area (Å²) in [7, 11) is 0. The van der Waals surface area contributed by atoms with E-state index in [0.29, 0.717) is 0 Å². The first-order chi connectivity index (χ1) is 10.9. The molecule has 3 aromatic carbocycles. The summed E-state index contributed by atoms with van der Waals surface area (Å²) >= 11 is 0. The number of anilines is 1. The summed E-state index contributed by atoms with van der Waals surface area (Å²) in [5.41, 5.74) is 4.37. The van der Waals surface area contributed by atoms with E-state index in [2.05, 4.69) is 47.5 Å². The lowest BCUT2D eigenvalue weighted by Gasteiger charge is -2.08. The summed E-state index contributed by atoms with van der Waals surface area (Å²) in [6.45, 7) is 0.796. The van der Waals surface area contributed by atoms with Crippen LogP contribution in [0.15, 0.2) is 84.9 Å². The zero-order valence-corrected chi connectivity index (χ0v) is 12.3. The fraction of sp³-hybridized carbons (Fsp3) is 0.0476. The lowest BCUT2D eigenvalue weighted by atomic mass is 10.1. The first kappa shape index (κ1) is 14.0. The quantitative estimate of drug-likeness (QED) is 0.687. The van der Waals surface area contributed by atoms with Crippen LogP contribution in [0.25, 0.3) is 0 Å². The highest BCUT2D eigenvalue weighted by atomic mass is 14.9. The normalized spacial score (nSPS) is 9.64. The summed E-state index contributed by atoms with van der Waals surface area (Å²) in [5.74, 6) is 6.46. The molecule has 1 heteroatoms. The maximum atomic E-state index is 3.46. The van der Waals surface area contributed by atoms with Crippen molar-refractivity contribution in [1.29, 1.82) is 0 Å². The van der Waals surface area contributed by atoms with Crippen molar-refractivity contribution in [2.75, 3.05) is 5.32 Å². The average Bonchev–Trinajstić information content (AvgIpc) is 2.61. The molecule has 22 heavy (non-hydrogen) atoms. The first-order valence-corrected chi connectivity index (χ1v) is 7.36. The predicted molar refractivity (Wildman–Crippen MR) is 92.6 cm³/mol. The highest BCUT2D eigenvalue weighted by Gasteiger charge is 1.98. The van der Waals surface area contributed by atoms with Crippen molar-refractivity contribution in [3.8, 4) is 11.8 Å². The number of benzene rings is 3. The van der Waals surface area contributed by atoms with Gasteiger partial charge in [-0.05, 0) is 29.8 Å². The number of hydrogen-bond acceptors (Lipinski definition) is 1. The number of para-hydroxylation sites is 1. The Kier molecular flexibility index (Phi) is 4.54. The summed E-state index contributed by atoms with van der Waals surface area (Å²) in [6.07, 6.45) is 0. The van der Waals surface area contributed by atoms with Gasteiger partial charge in [-0.2, -0.15) is 0 Å². The SMILES string of the molecule is C(#Cc1ccccc1NCc1ccccc1)c1ccccc1. The molecule has 0 atom stereocenters. The predicted octanol–water partition coefficient (Wildman–Crippen LogP) is 4.70. The Hall–Kier alpha value is -2.98. The molecule has 0 heterocycles. The van der Waals surface area contributed by atoms with Crippen LogP contribution < -0.4 is 5.32 Å². The van der Waals surface area contributed by atoms with E-state index in [1.807, 2.05) is 54.6 Å². The van der Waals surface area contributed by atoms with Crippen molar-refractivity contribution >= 4 is 5.69 Å². The Balaban J connectivity index is 1.77. The van der Waals surface area contributed by atoms with Gasteiger partial charge in [-0.25, -0.2) is 0 Å². The van der Waals surface area contributed by atoms with Crippen LogP contribution in [0.4, 0.5) is 5.69 Å². The lowest BCUT2D eigenvalue weighted by molar-refractivity contribution is 1.15. The second kappa shape index (κ2) is 7.15. The molecule has 0 amide bonds. The summed E-state index contributed by atoms with van der Waals surface area (Å²) in [4.78, 5) is 0. The van der Waals surface area contributed by atoms with Gasteiger partial charge in [-0.15, -0.1) is 0 Å². The second-order valence-corrected chi connectivity index (χ2v) is 5.00. The zero-order valence-electron chi connectivity index (χ0n) is 12.3. The molecule has 1 nitrogen and oxygen atoms in total. The van der Waals surface area contributed by atoms with Crippen molar-refractivity contribution in [2.24, 2.45) is 0 Å². The van der Waals surface area contributed by atoms with Crippen LogP contribution in [0.5, 0.6) is 0 Å². The summed E-state index contributed by atoms with van der Waals surface area (Å²) in [6, 6.07) is 28.6. The number of nitrogens with one attached hydrogen (secondary N) is 1. The monoisotopic (exact) mass is 283 g/mol. The van der Waals surface area contributed by atoms with Gasteiger partial charge in [0.1, 0.15) is 0 Å². The lowest BCUT2D eigenvalue weighted by Crippen LogP contribution is -2.00. The van der Waals surface area contributed by atoms with Gasteiger partial charge in [0.15, 0.2) is 0 Å². The molecule has 1 N–H and O–H groups in total. The molecule has 0 aliphatic rings. The van der Waals surface area contributed by atoms with Crippen LogP contribution in [-0.2, 0) is 6.54 Å². The highest BCUT2D eigenvalue weighted by molar-refractivity contribution is 5.60. The van der Waals surface area contributed by atoms with Crippen LogP contribution in [0.1, 0.15) is 16.7 Å². The molecule has 0 saturated heterocycles. The molecule has 0 fully saturated rings. The van der Waals surface area contributed by atoms with Crippen molar-refractivity contribution < 1.29 is 0 Å². The molecule has 0 unspecified atom stereocenters.